The molecule has 2 heteroatoms. The van der Waals surface area contributed by atoms with Gasteiger partial charge in [-0.1, -0.05) is 63.8 Å². The van der Waals surface area contributed by atoms with E-state index < -0.39 is 0 Å². The summed E-state index contributed by atoms with van der Waals surface area (Å²) in [4.78, 5) is 0. The van der Waals surface area contributed by atoms with Crippen LogP contribution in [0.1, 0.15) is 99.3 Å². The zero-order valence-corrected chi connectivity index (χ0v) is 18.0. The summed E-state index contributed by atoms with van der Waals surface area (Å²) in [6, 6.07) is 12.3. The van der Waals surface area contributed by atoms with Crippen molar-refractivity contribution >= 4 is 0 Å². The molecule has 2 aromatic rings. The van der Waals surface area contributed by atoms with E-state index in [0.717, 1.165) is 23.0 Å². The van der Waals surface area contributed by atoms with E-state index in [0.29, 0.717) is 29.8 Å². The van der Waals surface area contributed by atoms with Crippen molar-refractivity contribution in [1.82, 2.24) is 0 Å². The fraction of sp³-hybridized carbons (Fsp3) is 0.556. The van der Waals surface area contributed by atoms with Crippen molar-refractivity contribution in [1.29, 1.82) is 0 Å². The third-order valence-electron chi connectivity index (χ3n) is 7.56. The zero-order valence-electron chi connectivity index (χ0n) is 18.0. The lowest BCUT2D eigenvalue weighted by molar-refractivity contribution is 0.347. The van der Waals surface area contributed by atoms with Gasteiger partial charge in [0.2, 0.25) is 0 Å². The normalized spacial score (nSPS) is 27.7. The van der Waals surface area contributed by atoms with E-state index in [4.69, 9.17) is 0 Å². The molecule has 2 aliphatic rings. The highest BCUT2D eigenvalue weighted by molar-refractivity contribution is 5.45. The van der Waals surface area contributed by atoms with Crippen molar-refractivity contribution < 1.29 is 10.2 Å². The van der Waals surface area contributed by atoms with Gasteiger partial charge in [-0.15, -0.1) is 0 Å². The summed E-state index contributed by atoms with van der Waals surface area (Å²) in [5.41, 5.74) is 4.57. The lowest BCUT2D eigenvalue weighted by atomic mass is 9.78. The molecule has 2 N–H and O–H groups in total. The van der Waals surface area contributed by atoms with Crippen molar-refractivity contribution in [3.63, 3.8) is 0 Å². The second kappa shape index (κ2) is 8.81. The molecule has 2 fully saturated rings. The van der Waals surface area contributed by atoms with Gasteiger partial charge in [-0.05, 0) is 83.7 Å². The number of hydrogen-bond acceptors (Lipinski definition) is 2. The number of benzene rings is 2. The van der Waals surface area contributed by atoms with Gasteiger partial charge in [0.1, 0.15) is 11.5 Å². The average molecular weight is 393 g/mol. The molecule has 2 nitrogen and oxygen atoms in total. The Bertz CT molecular complexity index is 755. The Balaban J connectivity index is 1.54. The van der Waals surface area contributed by atoms with Crippen molar-refractivity contribution in [2.24, 2.45) is 11.8 Å². The first-order valence-electron chi connectivity index (χ1n) is 11.6. The third-order valence-corrected chi connectivity index (χ3v) is 7.56. The van der Waals surface area contributed by atoms with Crippen LogP contribution in [-0.2, 0) is 6.42 Å². The number of phenolic OH excluding ortho intramolecular Hbond substituents is 2. The Kier molecular flexibility index (Phi) is 6.18. The molecular formula is C27H36O2. The maximum Gasteiger partial charge on any atom is 0.119 e. The Labute approximate surface area is 176 Å². The molecule has 0 bridgehead atoms. The van der Waals surface area contributed by atoms with Crippen LogP contribution in [0.15, 0.2) is 36.4 Å². The van der Waals surface area contributed by atoms with Gasteiger partial charge in [0.05, 0.1) is 0 Å². The lowest BCUT2D eigenvalue weighted by Crippen LogP contribution is -2.11. The number of aromatic hydroxyl groups is 2. The van der Waals surface area contributed by atoms with Crippen LogP contribution in [0.2, 0.25) is 0 Å². The minimum Gasteiger partial charge on any atom is -0.508 e. The summed E-state index contributed by atoms with van der Waals surface area (Å²) in [7, 11) is 0. The van der Waals surface area contributed by atoms with E-state index in [9.17, 15) is 10.2 Å². The van der Waals surface area contributed by atoms with E-state index >= 15 is 0 Å². The van der Waals surface area contributed by atoms with Gasteiger partial charge in [0.25, 0.3) is 0 Å². The number of hydrogen-bond donors (Lipinski definition) is 2. The van der Waals surface area contributed by atoms with Crippen molar-refractivity contribution in [3.05, 3.63) is 58.7 Å². The predicted octanol–water partition coefficient (Wildman–Crippen LogP) is 7.28. The van der Waals surface area contributed by atoms with E-state index in [1.165, 1.54) is 62.5 Å². The van der Waals surface area contributed by atoms with Crippen LogP contribution >= 0.6 is 0 Å². The van der Waals surface area contributed by atoms with Crippen LogP contribution in [0.5, 0.6) is 11.5 Å². The molecule has 156 valence electrons. The minimum absolute atomic E-state index is 0.342. The minimum atomic E-state index is 0.342. The van der Waals surface area contributed by atoms with Gasteiger partial charge in [0.15, 0.2) is 0 Å². The van der Waals surface area contributed by atoms with E-state index in [1.807, 2.05) is 12.1 Å². The Morgan fingerprint density at radius 1 is 0.621 bits per heavy atom. The smallest absolute Gasteiger partial charge is 0.119 e. The molecule has 2 aliphatic carbocycles. The first-order chi connectivity index (χ1) is 14.0. The van der Waals surface area contributed by atoms with Gasteiger partial charge < -0.3 is 10.2 Å². The standard InChI is InChI=1S/C27H36O2/c1-18-3-7-20(8-4-18)22-11-13-26(28)24(15-22)17-25-16-23(12-14-27(25)29)21-9-5-19(2)6-10-21/h11-16,18-21,28-29H,3-10,17H2,1-2H3. The second-order valence-corrected chi connectivity index (χ2v) is 9.87. The maximum absolute atomic E-state index is 10.5. The summed E-state index contributed by atoms with van der Waals surface area (Å²) in [5.74, 6) is 3.57. The first-order valence-corrected chi connectivity index (χ1v) is 11.6. The molecular weight excluding hydrogens is 356 g/mol. The van der Waals surface area contributed by atoms with Gasteiger partial charge in [-0.25, -0.2) is 0 Å². The molecule has 0 aromatic heterocycles. The van der Waals surface area contributed by atoms with Crippen LogP contribution < -0.4 is 0 Å². The third kappa shape index (κ3) is 4.79. The SMILES string of the molecule is CC1CCC(c2ccc(O)c(Cc3cc(C4CCC(C)CC4)ccc3O)c2)CC1. The lowest BCUT2D eigenvalue weighted by Gasteiger charge is -2.27. The maximum atomic E-state index is 10.5. The molecule has 0 spiro atoms. The van der Waals surface area contributed by atoms with E-state index in [1.54, 1.807) is 0 Å². The molecule has 0 heterocycles. The Hall–Kier alpha value is -1.96. The molecule has 2 aromatic carbocycles. The first kappa shape index (κ1) is 20.3. The molecule has 29 heavy (non-hydrogen) atoms. The topological polar surface area (TPSA) is 40.5 Å². The highest BCUT2D eigenvalue weighted by Crippen LogP contribution is 2.39. The zero-order chi connectivity index (χ0) is 20.4. The van der Waals surface area contributed by atoms with Crippen LogP contribution in [0.4, 0.5) is 0 Å². The van der Waals surface area contributed by atoms with Crippen molar-refractivity contribution in [2.45, 2.75) is 83.5 Å². The van der Waals surface area contributed by atoms with Gasteiger partial charge >= 0.3 is 0 Å². The predicted molar refractivity (Wildman–Crippen MR) is 120 cm³/mol. The molecule has 0 radical (unpaired) electrons. The van der Waals surface area contributed by atoms with E-state index in [-0.39, 0.29) is 0 Å². The highest BCUT2D eigenvalue weighted by atomic mass is 16.3. The van der Waals surface area contributed by atoms with Crippen LogP contribution in [-0.4, -0.2) is 10.2 Å². The second-order valence-electron chi connectivity index (χ2n) is 9.87. The summed E-state index contributed by atoms with van der Waals surface area (Å²) in [6.45, 7) is 4.70. The molecule has 4 rings (SSSR count). The molecule has 0 amide bonds. The van der Waals surface area contributed by atoms with Gasteiger partial charge in [-0.3, -0.25) is 0 Å². The molecule has 0 unspecified atom stereocenters. The van der Waals surface area contributed by atoms with Crippen molar-refractivity contribution in [2.75, 3.05) is 0 Å². The molecule has 0 saturated heterocycles. The summed E-state index contributed by atoms with van der Waals surface area (Å²) >= 11 is 0. The fourth-order valence-corrected chi connectivity index (χ4v) is 5.39. The van der Waals surface area contributed by atoms with Crippen LogP contribution in [0.3, 0.4) is 0 Å². The highest BCUT2D eigenvalue weighted by Gasteiger charge is 2.22. The fourth-order valence-electron chi connectivity index (χ4n) is 5.39. The summed E-state index contributed by atoms with van der Waals surface area (Å²) < 4.78 is 0. The quantitative estimate of drug-likeness (QED) is 0.574. The van der Waals surface area contributed by atoms with Crippen LogP contribution in [0, 0.1) is 11.8 Å². The van der Waals surface area contributed by atoms with Gasteiger partial charge in [-0.2, -0.15) is 0 Å². The van der Waals surface area contributed by atoms with Crippen LogP contribution in [0.25, 0.3) is 0 Å². The molecule has 0 atom stereocenters. The van der Waals surface area contributed by atoms with Gasteiger partial charge in [0, 0.05) is 6.42 Å². The van der Waals surface area contributed by atoms with E-state index in [2.05, 4.69) is 38.1 Å². The number of phenols is 2. The Morgan fingerprint density at radius 3 is 1.38 bits per heavy atom. The Morgan fingerprint density at radius 2 is 1.00 bits per heavy atom. The monoisotopic (exact) mass is 392 g/mol. The van der Waals surface area contributed by atoms with Crippen molar-refractivity contribution in [3.8, 4) is 11.5 Å². The summed E-state index contributed by atoms with van der Waals surface area (Å²) in [6.07, 6.45) is 10.7. The molecule has 0 aliphatic heterocycles. The molecule has 2 saturated carbocycles. The number of rotatable bonds is 4. The summed E-state index contributed by atoms with van der Waals surface area (Å²) in [5, 5.41) is 21.0. The average Bonchev–Trinajstić information content (AvgIpc) is 2.72. The largest absolute Gasteiger partial charge is 0.508 e.